The van der Waals surface area contributed by atoms with E-state index in [1.165, 1.54) is 12.1 Å². The Hall–Kier alpha value is -2.70. The van der Waals surface area contributed by atoms with Crippen molar-refractivity contribution in [3.63, 3.8) is 0 Å². The van der Waals surface area contributed by atoms with Gasteiger partial charge in [-0.15, -0.1) is 0 Å². The van der Waals surface area contributed by atoms with E-state index in [1.807, 2.05) is 6.07 Å². The first-order valence-electron chi connectivity index (χ1n) is 7.16. The fourth-order valence-electron chi connectivity index (χ4n) is 2.58. The maximum absolute atomic E-state index is 13.1. The summed E-state index contributed by atoms with van der Waals surface area (Å²) in [6.45, 7) is 0. The fourth-order valence-corrected chi connectivity index (χ4v) is 2.58. The van der Waals surface area contributed by atoms with Gasteiger partial charge >= 0.3 is 12.1 Å². The summed E-state index contributed by atoms with van der Waals surface area (Å²) in [4.78, 5) is 11.1. The molecule has 3 rings (SSSR count). The first-order chi connectivity index (χ1) is 11.3. The van der Waals surface area contributed by atoms with E-state index in [2.05, 4.69) is 0 Å². The molecule has 0 aliphatic carbocycles. The maximum atomic E-state index is 13.1. The predicted octanol–water partition coefficient (Wildman–Crippen LogP) is 4.05. The van der Waals surface area contributed by atoms with Crippen molar-refractivity contribution in [3.05, 3.63) is 54.1 Å². The van der Waals surface area contributed by atoms with Gasteiger partial charge in [-0.2, -0.15) is 13.2 Å². The largest absolute Gasteiger partial charge is 0.481 e. The summed E-state index contributed by atoms with van der Waals surface area (Å²) in [7, 11) is 0. The van der Waals surface area contributed by atoms with Gasteiger partial charge < -0.3 is 14.6 Å². The number of ether oxygens (including phenoxy) is 2. The summed E-state index contributed by atoms with van der Waals surface area (Å²) in [5.41, 5.74) is 0.406. The second-order valence-corrected chi connectivity index (χ2v) is 5.41. The lowest BCUT2D eigenvalue weighted by Gasteiger charge is -2.32. The van der Waals surface area contributed by atoms with Gasteiger partial charge in [0, 0.05) is 6.07 Å². The molecule has 24 heavy (non-hydrogen) atoms. The zero-order valence-corrected chi connectivity index (χ0v) is 12.3. The average Bonchev–Trinajstić information content (AvgIpc) is 2.53. The van der Waals surface area contributed by atoms with Crippen molar-refractivity contribution in [2.75, 3.05) is 0 Å². The van der Waals surface area contributed by atoms with Gasteiger partial charge in [0.25, 0.3) is 0 Å². The lowest BCUT2D eigenvalue weighted by Crippen LogP contribution is -2.47. The van der Waals surface area contributed by atoms with Crippen LogP contribution in [0.5, 0.6) is 17.2 Å². The molecule has 4 nitrogen and oxygen atoms in total. The molecule has 2 unspecified atom stereocenters. The predicted molar refractivity (Wildman–Crippen MR) is 78.3 cm³/mol. The van der Waals surface area contributed by atoms with Crippen molar-refractivity contribution >= 4 is 5.97 Å². The van der Waals surface area contributed by atoms with Gasteiger partial charge in [-0.05, 0) is 30.2 Å². The van der Waals surface area contributed by atoms with Crippen LogP contribution in [-0.2, 0) is 11.2 Å². The van der Waals surface area contributed by atoms with Crippen molar-refractivity contribution < 1.29 is 32.5 Å². The number of rotatable bonds is 3. The third-order valence-electron chi connectivity index (χ3n) is 3.72. The lowest BCUT2D eigenvalue weighted by atomic mass is 9.90. The summed E-state index contributed by atoms with van der Waals surface area (Å²) in [6.07, 6.45) is -7.40. The topological polar surface area (TPSA) is 55.8 Å². The molecule has 0 saturated heterocycles. The number of hydrogen-bond donors (Lipinski definition) is 1. The standard InChI is InChI=1S/C17H13F3O4/c18-17(19,20)15-13(16(21)22)8-10-6-7-12(9-14(10)24-15)23-11-4-2-1-3-5-11/h1-7,9,13,15H,8H2,(H,21,22). The van der Waals surface area contributed by atoms with Crippen molar-refractivity contribution in [1.29, 1.82) is 0 Å². The molecule has 1 N–H and O–H groups in total. The van der Waals surface area contributed by atoms with Gasteiger partial charge in [0.05, 0.1) is 0 Å². The van der Waals surface area contributed by atoms with E-state index < -0.39 is 24.2 Å². The number of halogens is 3. The number of aliphatic carboxylic acids is 1. The molecular formula is C17H13F3O4. The number of hydrogen-bond acceptors (Lipinski definition) is 3. The molecule has 1 aliphatic heterocycles. The highest BCUT2D eigenvalue weighted by Gasteiger charge is 2.52. The third kappa shape index (κ3) is 3.29. The van der Waals surface area contributed by atoms with Crippen LogP contribution in [0, 0.1) is 5.92 Å². The van der Waals surface area contributed by atoms with Gasteiger partial charge in [-0.3, -0.25) is 4.79 Å². The molecule has 2 aromatic rings. The summed E-state index contributed by atoms with van der Waals surface area (Å²) in [5.74, 6) is -2.37. The van der Waals surface area contributed by atoms with Crippen molar-refractivity contribution in [3.8, 4) is 17.2 Å². The first-order valence-corrected chi connectivity index (χ1v) is 7.16. The Morgan fingerprint density at radius 3 is 2.46 bits per heavy atom. The Labute approximate surface area is 135 Å². The second-order valence-electron chi connectivity index (χ2n) is 5.41. The zero-order valence-electron chi connectivity index (χ0n) is 12.3. The van der Waals surface area contributed by atoms with E-state index in [4.69, 9.17) is 14.6 Å². The number of para-hydroxylation sites is 1. The van der Waals surface area contributed by atoms with E-state index in [-0.39, 0.29) is 12.2 Å². The zero-order chi connectivity index (χ0) is 17.3. The van der Waals surface area contributed by atoms with Gasteiger partial charge in [0.2, 0.25) is 6.10 Å². The summed E-state index contributed by atoms with van der Waals surface area (Å²) >= 11 is 0. The average molecular weight is 338 g/mol. The number of carboxylic acid groups (broad SMARTS) is 1. The van der Waals surface area contributed by atoms with Crippen LogP contribution in [0.2, 0.25) is 0 Å². The molecule has 0 radical (unpaired) electrons. The Bertz CT molecular complexity index is 743. The van der Waals surface area contributed by atoms with Gasteiger partial charge in [0.15, 0.2) is 0 Å². The van der Waals surface area contributed by atoms with E-state index in [0.29, 0.717) is 17.1 Å². The molecule has 0 amide bonds. The summed E-state index contributed by atoms with van der Waals surface area (Å²) in [6, 6.07) is 13.2. The number of fused-ring (bicyclic) bond motifs is 1. The highest BCUT2D eigenvalue weighted by molar-refractivity contribution is 5.72. The SMILES string of the molecule is O=C(O)C1Cc2ccc(Oc3ccccc3)cc2OC1C(F)(F)F. The minimum atomic E-state index is -4.77. The fraction of sp³-hybridized carbons (Fsp3) is 0.235. The van der Waals surface area contributed by atoms with Gasteiger partial charge in [-0.1, -0.05) is 24.3 Å². The molecule has 0 spiro atoms. The molecule has 0 aromatic heterocycles. The molecule has 0 fully saturated rings. The molecule has 126 valence electrons. The van der Waals surface area contributed by atoms with Gasteiger partial charge in [-0.25, -0.2) is 0 Å². The number of benzene rings is 2. The highest BCUT2D eigenvalue weighted by Crippen LogP contribution is 2.40. The van der Waals surface area contributed by atoms with E-state index in [1.54, 1.807) is 30.3 Å². The minimum absolute atomic E-state index is 0.0109. The molecule has 0 saturated carbocycles. The van der Waals surface area contributed by atoms with Crippen LogP contribution < -0.4 is 9.47 Å². The van der Waals surface area contributed by atoms with Crippen LogP contribution in [0.4, 0.5) is 13.2 Å². The maximum Gasteiger partial charge on any atom is 0.426 e. The van der Waals surface area contributed by atoms with E-state index in [0.717, 1.165) is 0 Å². The Morgan fingerprint density at radius 2 is 1.83 bits per heavy atom. The van der Waals surface area contributed by atoms with Crippen LogP contribution in [-0.4, -0.2) is 23.4 Å². The van der Waals surface area contributed by atoms with Crippen LogP contribution in [0.1, 0.15) is 5.56 Å². The molecule has 1 aliphatic rings. The van der Waals surface area contributed by atoms with Crippen LogP contribution in [0.15, 0.2) is 48.5 Å². The van der Waals surface area contributed by atoms with Crippen molar-refractivity contribution in [2.45, 2.75) is 18.7 Å². The van der Waals surface area contributed by atoms with Crippen molar-refractivity contribution in [2.24, 2.45) is 5.92 Å². The van der Waals surface area contributed by atoms with E-state index in [9.17, 15) is 18.0 Å². The van der Waals surface area contributed by atoms with Crippen LogP contribution >= 0.6 is 0 Å². The van der Waals surface area contributed by atoms with Crippen LogP contribution in [0.3, 0.4) is 0 Å². The quantitative estimate of drug-likeness (QED) is 0.917. The molecule has 1 heterocycles. The third-order valence-corrected chi connectivity index (χ3v) is 3.72. The molecule has 2 aromatic carbocycles. The molecular weight excluding hydrogens is 325 g/mol. The van der Waals surface area contributed by atoms with Crippen LogP contribution in [0.25, 0.3) is 0 Å². The number of alkyl halides is 3. The Kier molecular flexibility index (Phi) is 4.09. The van der Waals surface area contributed by atoms with E-state index >= 15 is 0 Å². The summed E-state index contributed by atoms with van der Waals surface area (Å²) < 4.78 is 49.7. The number of carbonyl (C=O) groups is 1. The minimum Gasteiger partial charge on any atom is -0.481 e. The smallest absolute Gasteiger partial charge is 0.426 e. The molecule has 7 heteroatoms. The summed E-state index contributed by atoms with van der Waals surface area (Å²) in [5, 5.41) is 9.04. The Balaban J connectivity index is 1.89. The lowest BCUT2D eigenvalue weighted by molar-refractivity contribution is -0.217. The highest BCUT2D eigenvalue weighted by atomic mass is 19.4. The normalized spacial score (nSPS) is 20.0. The monoisotopic (exact) mass is 338 g/mol. The molecule has 0 bridgehead atoms. The van der Waals surface area contributed by atoms with Crippen molar-refractivity contribution in [1.82, 2.24) is 0 Å². The number of carboxylic acids is 1. The first kappa shape index (κ1) is 16.2. The Morgan fingerprint density at radius 1 is 1.12 bits per heavy atom. The molecule has 2 atom stereocenters. The second kappa shape index (κ2) is 6.07. The van der Waals surface area contributed by atoms with Gasteiger partial charge in [0.1, 0.15) is 23.2 Å².